The minimum atomic E-state index is -6.27. The lowest BCUT2D eigenvalue weighted by Gasteiger charge is -2.28. The van der Waals surface area contributed by atoms with Gasteiger partial charge in [0.05, 0.1) is 0 Å². The molecular formula is C28H44F14S2. The van der Waals surface area contributed by atoms with E-state index in [0.717, 1.165) is 75.7 Å². The maximum Gasteiger partial charge on any atom is 0.459 e. The van der Waals surface area contributed by atoms with Crippen molar-refractivity contribution < 1.29 is 61.5 Å². The monoisotopic (exact) mass is 710 g/mol. The molecule has 0 aliphatic rings. The van der Waals surface area contributed by atoms with E-state index in [-0.39, 0.29) is 12.8 Å². The molecule has 0 fully saturated rings. The first kappa shape index (κ1) is 43.7. The molecule has 0 aromatic rings. The Hall–Kier alpha value is -0.280. The first-order valence-corrected chi connectivity index (χ1v) is 17.6. The highest BCUT2D eigenvalue weighted by Crippen LogP contribution is 2.49. The van der Waals surface area contributed by atoms with Crippen LogP contribution in [-0.4, -0.2) is 47.5 Å². The van der Waals surface area contributed by atoms with Gasteiger partial charge in [-0.05, 0) is 25.7 Å². The fraction of sp³-hybridized carbons (Fsp3) is 1.00. The molecule has 0 aromatic carbocycles. The summed E-state index contributed by atoms with van der Waals surface area (Å²) in [7, 11) is 3.58. The van der Waals surface area contributed by atoms with Crippen molar-refractivity contribution in [3.05, 3.63) is 0 Å². The Kier molecular flexibility index (Phi) is 20.7. The van der Waals surface area contributed by atoms with Gasteiger partial charge >= 0.3 is 36.0 Å². The quantitative estimate of drug-likeness (QED) is 0.0473. The number of alkyl halides is 14. The maximum atomic E-state index is 13.2. The molecule has 44 heavy (non-hydrogen) atoms. The van der Waals surface area contributed by atoms with Crippen LogP contribution in [0, 0.1) is 0 Å². The third-order valence-electron chi connectivity index (χ3n) is 7.15. The third kappa shape index (κ3) is 16.5. The van der Waals surface area contributed by atoms with Gasteiger partial charge in [0.25, 0.3) is 0 Å². The minimum Gasteiger partial charge on any atom is -0.200 e. The van der Waals surface area contributed by atoms with Gasteiger partial charge < -0.3 is 0 Å². The van der Waals surface area contributed by atoms with E-state index in [1.807, 2.05) is 0 Å². The van der Waals surface area contributed by atoms with Crippen LogP contribution in [0.1, 0.15) is 128 Å². The predicted octanol–water partition coefficient (Wildman–Crippen LogP) is 13.8. The van der Waals surface area contributed by atoms with E-state index in [0.29, 0.717) is 25.7 Å². The lowest BCUT2D eigenvalue weighted by molar-refractivity contribution is -0.356. The van der Waals surface area contributed by atoms with Gasteiger partial charge in [-0.25, -0.2) is 0 Å². The highest BCUT2D eigenvalue weighted by molar-refractivity contribution is 8.76. The molecule has 0 bridgehead atoms. The van der Waals surface area contributed by atoms with E-state index in [1.54, 1.807) is 21.6 Å². The van der Waals surface area contributed by atoms with Crippen molar-refractivity contribution in [2.24, 2.45) is 0 Å². The largest absolute Gasteiger partial charge is 0.459 e. The van der Waals surface area contributed by atoms with Gasteiger partial charge in [-0.3, -0.25) is 0 Å². The Bertz CT molecular complexity index is 664. The lowest BCUT2D eigenvalue weighted by atomic mass is 10.0. The molecule has 0 heterocycles. The highest BCUT2D eigenvalue weighted by Gasteiger charge is 2.73. The van der Waals surface area contributed by atoms with Crippen LogP contribution in [-0.2, 0) is 0 Å². The molecule has 0 unspecified atom stereocenters. The van der Waals surface area contributed by atoms with Crippen molar-refractivity contribution >= 4 is 21.6 Å². The second-order valence-electron chi connectivity index (χ2n) is 11.1. The van der Waals surface area contributed by atoms with Crippen LogP contribution < -0.4 is 0 Å². The molecule has 0 atom stereocenters. The van der Waals surface area contributed by atoms with Crippen LogP contribution in [0.15, 0.2) is 0 Å². The van der Waals surface area contributed by atoms with Crippen molar-refractivity contribution in [3.8, 4) is 0 Å². The van der Waals surface area contributed by atoms with Gasteiger partial charge in [0.1, 0.15) is 0 Å². The van der Waals surface area contributed by atoms with Crippen LogP contribution in [0.2, 0.25) is 0 Å². The Morgan fingerprint density at radius 1 is 0.273 bits per heavy atom. The van der Waals surface area contributed by atoms with Gasteiger partial charge in [0.15, 0.2) is 0 Å². The zero-order valence-corrected chi connectivity index (χ0v) is 26.3. The van der Waals surface area contributed by atoms with Crippen LogP contribution in [0.25, 0.3) is 0 Å². The lowest BCUT2D eigenvalue weighted by Crippen LogP contribution is -2.51. The molecule has 16 heteroatoms. The molecule has 0 N–H and O–H groups in total. The fourth-order valence-corrected chi connectivity index (χ4v) is 6.63. The smallest absolute Gasteiger partial charge is 0.200 e. The summed E-state index contributed by atoms with van der Waals surface area (Å²) in [4.78, 5) is 0. The number of rotatable bonds is 27. The second-order valence-corrected chi connectivity index (χ2v) is 13.8. The molecular weight excluding hydrogens is 666 g/mol. The van der Waals surface area contributed by atoms with Crippen molar-refractivity contribution in [2.75, 3.05) is 11.5 Å². The average Bonchev–Trinajstić information content (AvgIpc) is 2.89. The van der Waals surface area contributed by atoms with Crippen molar-refractivity contribution in [1.29, 1.82) is 0 Å². The summed E-state index contributed by atoms with van der Waals surface area (Å²) in [5.74, 6) is -20.3. The number of unbranched alkanes of at least 4 members (excludes halogenated alkanes) is 16. The Morgan fingerprint density at radius 2 is 0.477 bits per heavy atom. The summed E-state index contributed by atoms with van der Waals surface area (Å²) in [6.45, 7) is 0. The zero-order valence-electron chi connectivity index (χ0n) is 24.7. The summed E-state index contributed by atoms with van der Waals surface area (Å²) < 4.78 is 177. The summed E-state index contributed by atoms with van der Waals surface area (Å²) in [5, 5.41) is 0. The van der Waals surface area contributed by atoms with E-state index < -0.39 is 61.7 Å². The number of hydrogen-bond donors (Lipinski definition) is 0. The fourth-order valence-electron chi connectivity index (χ4n) is 4.34. The van der Waals surface area contributed by atoms with E-state index >= 15 is 0 Å². The van der Waals surface area contributed by atoms with Crippen LogP contribution in [0.3, 0.4) is 0 Å². The molecule has 0 radical (unpaired) electrons. The first-order chi connectivity index (χ1) is 20.2. The van der Waals surface area contributed by atoms with Crippen molar-refractivity contribution in [1.82, 2.24) is 0 Å². The maximum absolute atomic E-state index is 13.2. The first-order valence-electron chi connectivity index (χ1n) is 15.1. The summed E-state index contributed by atoms with van der Waals surface area (Å²) in [5.41, 5.74) is 0. The summed E-state index contributed by atoms with van der Waals surface area (Å²) >= 11 is 0. The van der Waals surface area contributed by atoms with Crippen LogP contribution in [0.4, 0.5) is 61.5 Å². The van der Waals surface area contributed by atoms with E-state index in [4.69, 9.17) is 0 Å². The normalized spacial score (nSPS) is 14.0. The SMILES string of the molecule is FC(F)(F)C(F)(F)C(F)(F)CCCCCCCCCCCSSCCCCCCCCCCCC(F)(F)C(F)(F)C(F)(F)F. The average molecular weight is 711 g/mol. The van der Waals surface area contributed by atoms with E-state index in [9.17, 15) is 61.5 Å². The standard InChI is InChI=1S/C28H44F14S2/c29-23(30,25(33,34)27(37,38)39)19-15-11-7-3-1-5-9-13-17-21-43-44-22-18-14-10-6-2-4-8-12-16-20-24(31,32)26(35,36)28(40,41)42/h1-22H2. The molecule has 0 saturated carbocycles. The molecule has 0 saturated heterocycles. The molecule has 0 aromatic heterocycles. The topological polar surface area (TPSA) is 0 Å². The molecule has 0 aliphatic heterocycles. The third-order valence-corrected chi connectivity index (χ3v) is 9.73. The summed E-state index contributed by atoms with van der Waals surface area (Å²) in [6, 6.07) is 0. The van der Waals surface area contributed by atoms with Gasteiger partial charge in [-0.1, -0.05) is 111 Å². The predicted molar refractivity (Wildman–Crippen MR) is 149 cm³/mol. The molecule has 0 rings (SSSR count). The molecule has 0 spiro atoms. The highest BCUT2D eigenvalue weighted by atomic mass is 33.1. The van der Waals surface area contributed by atoms with Crippen LogP contribution in [0.5, 0.6) is 0 Å². The zero-order chi connectivity index (χ0) is 34.0. The van der Waals surface area contributed by atoms with Gasteiger partial charge in [0.2, 0.25) is 0 Å². The van der Waals surface area contributed by atoms with Gasteiger partial charge in [0, 0.05) is 24.3 Å². The van der Waals surface area contributed by atoms with Crippen molar-refractivity contribution in [2.45, 2.75) is 164 Å². The number of hydrogen-bond acceptors (Lipinski definition) is 2. The molecule has 266 valence electrons. The number of halogens is 14. The molecule has 0 aliphatic carbocycles. The van der Waals surface area contributed by atoms with E-state index in [2.05, 4.69) is 0 Å². The van der Waals surface area contributed by atoms with Crippen molar-refractivity contribution in [3.63, 3.8) is 0 Å². The Morgan fingerprint density at radius 3 is 0.705 bits per heavy atom. The molecule has 0 nitrogen and oxygen atoms in total. The van der Waals surface area contributed by atoms with E-state index in [1.165, 1.54) is 0 Å². The van der Waals surface area contributed by atoms with Gasteiger partial charge in [-0.15, -0.1) is 0 Å². The summed E-state index contributed by atoms with van der Waals surface area (Å²) in [6.07, 6.45) is -3.78. The Labute approximate surface area is 259 Å². The Balaban J connectivity index is 3.47. The molecule has 0 amide bonds. The van der Waals surface area contributed by atoms with Crippen LogP contribution >= 0.6 is 21.6 Å². The van der Waals surface area contributed by atoms with Gasteiger partial charge in [-0.2, -0.15) is 61.5 Å². The second kappa shape index (κ2) is 20.8. The minimum absolute atomic E-state index is 0.177.